The van der Waals surface area contributed by atoms with Gasteiger partial charge in [0.1, 0.15) is 5.71 Å². The van der Waals surface area contributed by atoms with Gasteiger partial charge < -0.3 is 14.5 Å². The lowest BCUT2D eigenvalue weighted by molar-refractivity contribution is -0.140. The molecule has 0 saturated carbocycles. The van der Waals surface area contributed by atoms with Gasteiger partial charge in [0.2, 0.25) is 5.78 Å². The maximum Gasteiger partial charge on any atom is 0.331 e. The second-order valence-electron chi connectivity index (χ2n) is 4.95. The third-order valence-electron chi connectivity index (χ3n) is 3.39. The van der Waals surface area contributed by atoms with E-state index in [2.05, 4.69) is 14.9 Å². The highest BCUT2D eigenvalue weighted by Crippen LogP contribution is 2.17. The fourth-order valence-electron chi connectivity index (χ4n) is 2.20. The second-order valence-corrected chi connectivity index (χ2v) is 4.95. The number of Topliss-reactive ketones (excluding diaryl/α,β-unsaturated/α-hetero) is 1. The Kier molecular flexibility index (Phi) is 5.66. The highest BCUT2D eigenvalue weighted by atomic mass is 16.7. The molecular formula is C16H20N2O4. The Balaban J connectivity index is 2.09. The maximum absolute atomic E-state index is 12.3. The Morgan fingerprint density at radius 3 is 2.41 bits per heavy atom. The normalized spacial score (nSPS) is 15.5. The summed E-state index contributed by atoms with van der Waals surface area (Å²) < 4.78 is 5.32. The average Bonchev–Trinajstić information content (AvgIpc) is 2.56. The highest BCUT2D eigenvalue weighted by molar-refractivity contribution is 6.45. The number of carbonyl (C=O) groups excluding carboxylic acids is 2. The molecule has 1 aliphatic rings. The standard InChI is InChI=1S/C16H20N2O4/c1-3-15(17-22-12(2)19)16(20)13-4-6-14(7-5-13)18-8-10-21-11-9-18/h4-7H,3,8-11H2,1-2H3. The minimum atomic E-state index is -0.540. The van der Waals surface area contributed by atoms with Gasteiger partial charge in [-0.2, -0.15) is 0 Å². The van der Waals surface area contributed by atoms with E-state index in [4.69, 9.17) is 4.74 Å². The first kappa shape index (κ1) is 16.2. The van der Waals surface area contributed by atoms with E-state index in [0.717, 1.165) is 32.0 Å². The van der Waals surface area contributed by atoms with Gasteiger partial charge in [-0.05, 0) is 30.7 Å². The van der Waals surface area contributed by atoms with Crippen LogP contribution in [0.5, 0.6) is 0 Å². The summed E-state index contributed by atoms with van der Waals surface area (Å²) >= 11 is 0. The maximum atomic E-state index is 12.3. The summed E-state index contributed by atoms with van der Waals surface area (Å²) in [5, 5.41) is 3.62. The van der Waals surface area contributed by atoms with Gasteiger partial charge >= 0.3 is 5.97 Å². The number of hydrogen-bond acceptors (Lipinski definition) is 6. The molecule has 0 atom stereocenters. The Bertz CT molecular complexity index is 560. The van der Waals surface area contributed by atoms with E-state index in [0.29, 0.717) is 12.0 Å². The Morgan fingerprint density at radius 2 is 1.86 bits per heavy atom. The zero-order valence-corrected chi connectivity index (χ0v) is 12.9. The van der Waals surface area contributed by atoms with Gasteiger partial charge in [-0.3, -0.25) is 4.79 Å². The fourth-order valence-corrected chi connectivity index (χ4v) is 2.20. The van der Waals surface area contributed by atoms with Crippen LogP contribution >= 0.6 is 0 Å². The molecule has 118 valence electrons. The fraction of sp³-hybridized carbons (Fsp3) is 0.438. The van der Waals surface area contributed by atoms with Gasteiger partial charge in [0.25, 0.3) is 0 Å². The number of hydrogen-bond donors (Lipinski definition) is 0. The largest absolute Gasteiger partial charge is 0.378 e. The third-order valence-corrected chi connectivity index (χ3v) is 3.39. The summed E-state index contributed by atoms with van der Waals surface area (Å²) in [5.74, 6) is -0.765. The molecule has 0 unspecified atom stereocenters. The summed E-state index contributed by atoms with van der Waals surface area (Å²) in [6, 6.07) is 7.37. The highest BCUT2D eigenvalue weighted by Gasteiger charge is 2.15. The van der Waals surface area contributed by atoms with Crippen LogP contribution in [0.1, 0.15) is 30.6 Å². The molecule has 2 rings (SSSR count). The number of ether oxygens (including phenoxy) is 1. The SMILES string of the molecule is CCC(=NOC(C)=O)C(=O)c1ccc(N2CCOCC2)cc1. The Labute approximate surface area is 129 Å². The quantitative estimate of drug-likeness (QED) is 0.360. The summed E-state index contributed by atoms with van der Waals surface area (Å²) in [6.45, 7) is 6.18. The van der Waals surface area contributed by atoms with Crippen LogP contribution in [0.3, 0.4) is 0 Å². The number of nitrogens with zero attached hydrogens (tertiary/aromatic N) is 2. The summed E-state index contributed by atoms with van der Waals surface area (Å²) in [4.78, 5) is 29.9. The van der Waals surface area contributed by atoms with Crippen LogP contribution in [0.2, 0.25) is 0 Å². The van der Waals surface area contributed by atoms with E-state index in [9.17, 15) is 9.59 Å². The molecule has 0 amide bonds. The first-order valence-electron chi connectivity index (χ1n) is 7.33. The number of carbonyl (C=O) groups is 2. The van der Waals surface area contributed by atoms with Crippen LogP contribution in [-0.4, -0.2) is 43.8 Å². The molecular weight excluding hydrogens is 284 g/mol. The van der Waals surface area contributed by atoms with Gasteiger partial charge in [0.15, 0.2) is 0 Å². The molecule has 6 heteroatoms. The molecule has 22 heavy (non-hydrogen) atoms. The molecule has 0 radical (unpaired) electrons. The monoisotopic (exact) mass is 304 g/mol. The van der Waals surface area contributed by atoms with E-state index in [1.54, 1.807) is 19.1 Å². The van der Waals surface area contributed by atoms with Gasteiger partial charge in [-0.15, -0.1) is 0 Å². The smallest absolute Gasteiger partial charge is 0.331 e. The lowest BCUT2D eigenvalue weighted by Gasteiger charge is -2.28. The van der Waals surface area contributed by atoms with E-state index in [-0.39, 0.29) is 11.5 Å². The van der Waals surface area contributed by atoms with Gasteiger partial charge in [-0.25, -0.2) is 4.79 Å². The molecule has 0 aliphatic carbocycles. The summed E-state index contributed by atoms with van der Waals surface area (Å²) in [7, 11) is 0. The Morgan fingerprint density at radius 1 is 1.23 bits per heavy atom. The molecule has 6 nitrogen and oxygen atoms in total. The van der Waals surface area contributed by atoms with E-state index in [1.807, 2.05) is 12.1 Å². The average molecular weight is 304 g/mol. The van der Waals surface area contributed by atoms with Gasteiger partial charge in [-0.1, -0.05) is 12.1 Å². The van der Waals surface area contributed by atoms with Crippen molar-refractivity contribution in [3.05, 3.63) is 29.8 Å². The molecule has 1 saturated heterocycles. The van der Waals surface area contributed by atoms with Crippen molar-refractivity contribution in [3.63, 3.8) is 0 Å². The van der Waals surface area contributed by atoms with Crippen molar-refractivity contribution in [2.45, 2.75) is 20.3 Å². The first-order valence-corrected chi connectivity index (χ1v) is 7.33. The van der Waals surface area contributed by atoms with E-state index < -0.39 is 5.97 Å². The lowest BCUT2D eigenvalue weighted by atomic mass is 10.0. The van der Waals surface area contributed by atoms with Crippen LogP contribution in [0.25, 0.3) is 0 Å². The second kappa shape index (κ2) is 7.70. The molecule has 0 N–H and O–H groups in total. The minimum absolute atomic E-state index is 0.225. The molecule has 0 aromatic heterocycles. The van der Waals surface area contributed by atoms with E-state index in [1.165, 1.54) is 6.92 Å². The minimum Gasteiger partial charge on any atom is -0.378 e. The van der Waals surface area contributed by atoms with Crippen molar-refractivity contribution in [2.24, 2.45) is 5.16 Å². The number of benzene rings is 1. The van der Waals surface area contributed by atoms with Crippen LogP contribution in [-0.2, 0) is 14.4 Å². The van der Waals surface area contributed by atoms with Crippen LogP contribution in [0.15, 0.2) is 29.4 Å². The molecule has 0 bridgehead atoms. The third kappa shape index (κ3) is 4.14. The topological polar surface area (TPSA) is 68.2 Å². The lowest BCUT2D eigenvalue weighted by Crippen LogP contribution is -2.36. The number of rotatable bonds is 5. The predicted molar refractivity (Wildman–Crippen MR) is 83.3 cm³/mol. The molecule has 1 heterocycles. The van der Waals surface area contributed by atoms with Crippen molar-refractivity contribution >= 4 is 23.2 Å². The molecule has 1 aromatic rings. The molecule has 1 aromatic carbocycles. The van der Waals surface area contributed by atoms with Crippen LogP contribution in [0, 0.1) is 0 Å². The zero-order valence-electron chi connectivity index (χ0n) is 12.9. The van der Waals surface area contributed by atoms with E-state index >= 15 is 0 Å². The first-order chi connectivity index (χ1) is 10.6. The summed E-state index contributed by atoms with van der Waals surface area (Å²) in [6.07, 6.45) is 0.400. The van der Waals surface area contributed by atoms with Gasteiger partial charge in [0, 0.05) is 31.3 Å². The predicted octanol–water partition coefficient (Wildman–Crippen LogP) is 2.04. The summed E-state index contributed by atoms with van der Waals surface area (Å²) in [5.41, 5.74) is 1.83. The molecule has 1 fully saturated rings. The number of morpholine rings is 1. The Hall–Kier alpha value is -2.21. The number of anilines is 1. The van der Waals surface area contributed by atoms with Gasteiger partial charge in [0.05, 0.1) is 13.2 Å². The molecule has 0 spiro atoms. The number of ketones is 1. The van der Waals surface area contributed by atoms with Crippen molar-refractivity contribution in [1.82, 2.24) is 0 Å². The van der Waals surface area contributed by atoms with Crippen molar-refractivity contribution in [3.8, 4) is 0 Å². The number of oxime groups is 1. The van der Waals surface area contributed by atoms with Crippen molar-refractivity contribution in [1.29, 1.82) is 0 Å². The zero-order chi connectivity index (χ0) is 15.9. The van der Waals surface area contributed by atoms with Crippen molar-refractivity contribution < 1.29 is 19.2 Å². The molecule has 1 aliphatic heterocycles. The van der Waals surface area contributed by atoms with Crippen LogP contribution in [0.4, 0.5) is 5.69 Å². The van der Waals surface area contributed by atoms with Crippen LogP contribution < -0.4 is 4.90 Å². The van der Waals surface area contributed by atoms with Crippen molar-refractivity contribution in [2.75, 3.05) is 31.2 Å².